The zero-order chi connectivity index (χ0) is 18.6. The van der Waals surface area contributed by atoms with Crippen LogP contribution in [0.15, 0.2) is 6.07 Å². The number of aromatic nitrogens is 2. The average Bonchev–Trinajstić information content (AvgIpc) is 2.92. The van der Waals surface area contributed by atoms with E-state index in [0.29, 0.717) is 38.4 Å². The summed E-state index contributed by atoms with van der Waals surface area (Å²) >= 11 is 0. The molecule has 1 aliphatic heterocycles. The van der Waals surface area contributed by atoms with Crippen molar-refractivity contribution in [2.75, 3.05) is 6.54 Å². The van der Waals surface area contributed by atoms with Gasteiger partial charge in [-0.25, -0.2) is 0 Å². The van der Waals surface area contributed by atoms with Crippen molar-refractivity contribution in [1.29, 1.82) is 0 Å². The van der Waals surface area contributed by atoms with E-state index in [1.807, 2.05) is 24.6 Å². The Hall–Kier alpha value is -2.38. The van der Waals surface area contributed by atoms with Crippen molar-refractivity contribution >= 4 is 17.8 Å². The minimum absolute atomic E-state index is 0.0398. The third kappa shape index (κ3) is 5.30. The van der Waals surface area contributed by atoms with Gasteiger partial charge in [-0.1, -0.05) is 13.8 Å². The molecule has 0 spiro atoms. The first-order valence-electron chi connectivity index (χ1n) is 8.59. The molecule has 1 atom stereocenters. The highest BCUT2D eigenvalue weighted by atomic mass is 16.4. The number of carbonyl (C=O) groups excluding carboxylic acids is 2. The van der Waals surface area contributed by atoms with Crippen LogP contribution in [0.3, 0.4) is 0 Å². The van der Waals surface area contributed by atoms with Crippen LogP contribution in [0, 0.1) is 5.92 Å². The first-order chi connectivity index (χ1) is 11.8. The Morgan fingerprint density at radius 3 is 2.64 bits per heavy atom. The molecule has 2 amide bonds. The van der Waals surface area contributed by atoms with Gasteiger partial charge in [-0.15, -0.1) is 0 Å². The van der Waals surface area contributed by atoms with E-state index >= 15 is 0 Å². The van der Waals surface area contributed by atoms with E-state index in [-0.39, 0.29) is 18.2 Å². The maximum Gasteiger partial charge on any atom is 0.303 e. The largest absolute Gasteiger partial charge is 0.481 e. The summed E-state index contributed by atoms with van der Waals surface area (Å²) in [4.78, 5) is 36.6. The van der Waals surface area contributed by atoms with Gasteiger partial charge in [-0.3, -0.25) is 19.1 Å². The summed E-state index contributed by atoms with van der Waals surface area (Å²) in [6, 6.07) is 1.34. The van der Waals surface area contributed by atoms with Gasteiger partial charge in [0.15, 0.2) is 0 Å². The number of hydrogen-bond donors (Lipinski definition) is 2. The number of carboxylic acid groups (broad SMARTS) is 1. The van der Waals surface area contributed by atoms with E-state index in [1.54, 1.807) is 4.90 Å². The molecule has 0 radical (unpaired) electrons. The lowest BCUT2D eigenvalue weighted by Gasteiger charge is -2.31. The van der Waals surface area contributed by atoms with Crippen LogP contribution in [-0.2, 0) is 33.9 Å². The molecule has 1 aromatic rings. The van der Waals surface area contributed by atoms with Crippen LogP contribution in [0.25, 0.3) is 0 Å². The van der Waals surface area contributed by atoms with Crippen molar-refractivity contribution in [2.45, 2.75) is 59.2 Å². The van der Waals surface area contributed by atoms with Crippen LogP contribution in [0.5, 0.6) is 0 Å². The van der Waals surface area contributed by atoms with Crippen molar-refractivity contribution < 1.29 is 19.5 Å². The highest BCUT2D eigenvalue weighted by Crippen LogP contribution is 2.17. The lowest BCUT2D eigenvalue weighted by molar-refractivity contribution is -0.138. The minimum Gasteiger partial charge on any atom is -0.481 e. The molecular formula is C17H26N4O4. The van der Waals surface area contributed by atoms with Crippen molar-refractivity contribution in [3.05, 3.63) is 17.5 Å². The predicted molar refractivity (Wildman–Crippen MR) is 90.7 cm³/mol. The number of carboxylic acids is 1. The number of hydrogen-bond acceptors (Lipinski definition) is 4. The lowest BCUT2D eigenvalue weighted by atomic mass is 10.0. The number of nitrogens with one attached hydrogen (secondary N) is 1. The molecule has 8 nitrogen and oxygen atoms in total. The number of rotatable bonds is 7. The second kappa shape index (κ2) is 8.13. The van der Waals surface area contributed by atoms with E-state index in [4.69, 9.17) is 5.11 Å². The summed E-state index contributed by atoms with van der Waals surface area (Å²) < 4.78 is 1.83. The van der Waals surface area contributed by atoms with E-state index in [1.165, 1.54) is 6.92 Å². The van der Waals surface area contributed by atoms with Crippen molar-refractivity contribution in [3.8, 4) is 0 Å². The van der Waals surface area contributed by atoms with Crippen LogP contribution in [0.1, 0.15) is 45.0 Å². The Morgan fingerprint density at radius 2 is 2.04 bits per heavy atom. The zero-order valence-electron chi connectivity index (χ0n) is 15.0. The summed E-state index contributed by atoms with van der Waals surface area (Å²) in [6.45, 7) is 6.97. The Kier molecular flexibility index (Phi) is 6.17. The van der Waals surface area contributed by atoms with Crippen LogP contribution in [0.2, 0.25) is 0 Å². The Balaban J connectivity index is 2.05. The molecular weight excluding hydrogens is 324 g/mol. The van der Waals surface area contributed by atoms with Crippen LogP contribution >= 0.6 is 0 Å². The fourth-order valence-corrected chi connectivity index (χ4v) is 3.03. The molecule has 0 saturated heterocycles. The molecule has 1 aromatic heterocycles. The fourth-order valence-electron chi connectivity index (χ4n) is 3.03. The smallest absolute Gasteiger partial charge is 0.303 e. The van der Waals surface area contributed by atoms with Crippen LogP contribution < -0.4 is 5.32 Å². The number of aliphatic carboxylic acids is 1. The quantitative estimate of drug-likeness (QED) is 0.757. The van der Waals surface area contributed by atoms with Crippen LogP contribution in [-0.4, -0.2) is 50.2 Å². The summed E-state index contributed by atoms with van der Waals surface area (Å²) in [6.07, 6.45) is 1.02. The topological polar surface area (TPSA) is 105 Å². The third-order valence-electron chi connectivity index (χ3n) is 4.14. The van der Waals surface area contributed by atoms with Crippen molar-refractivity contribution in [3.63, 3.8) is 0 Å². The zero-order valence-corrected chi connectivity index (χ0v) is 15.0. The molecule has 138 valence electrons. The van der Waals surface area contributed by atoms with Gasteiger partial charge in [-0.05, 0) is 18.4 Å². The molecule has 25 heavy (non-hydrogen) atoms. The summed E-state index contributed by atoms with van der Waals surface area (Å²) in [5, 5.41) is 15.9. The van der Waals surface area contributed by atoms with Gasteiger partial charge in [0.2, 0.25) is 11.8 Å². The van der Waals surface area contributed by atoms with Gasteiger partial charge < -0.3 is 15.3 Å². The highest BCUT2D eigenvalue weighted by Gasteiger charge is 2.29. The molecule has 2 heterocycles. The van der Waals surface area contributed by atoms with E-state index in [9.17, 15) is 14.4 Å². The molecule has 0 aliphatic carbocycles. The van der Waals surface area contributed by atoms with Crippen LogP contribution in [0.4, 0.5) is 0 Å². The Labute approximate surface area is 147 Å². The van der Waals surface area contributed by atoms with E-state index < -0.39 is 12.0 Å². The summed E-state index contributed by atoms with van der Waals surface area (Å²) in [5.41, 5.74) is 1.62. The molecule has 8 heteroatoms. The standard InChI is InChI=1S/C17H26N4O4/c1-11(2)8-15(18-12(3)22)17(25)20-6-7-21-14(10-20)9-13(19-21)4-5-16(23)24/h9,11,15H,4-8,10H2,1-3H3,(H,18,22)(H,23,24)/t15-/m0/s1. The second-order valence-corrected chi connectivity index (χ2v) is 6.89. The maximum atomic E-state index is 12.8. The van der Waals surface area contributed by atoms with Gasteiger partial charge in [0, 0.05) is 19.9 Å². The minimum atomic E-state index is -0.852. The first-order valence-corrected chi connectivity index (χ1v) is 8.59. The molecule has 0 bridgehead atoms. The lowest BCUT2D eigenvalue weighted by Crippen LogP contribution is -2.50. The predicted octanol–water partition coefficient (Wildman–Crippen LogP) is 0.793. The van der Waals surface area contributed by atoms with E-state index in [0.717, 1.165) is 11.4 Å². The maximum absolute atomic E-state index is 12.8. The number of nitrogens with zero attached hydrogens (tertiary/aromatic N) is 3. The van der Waals surface area contributed by atoms with Gasteiger partial charge in [-0.2, -0.15) is 5.10 Å². The van der Waals surface area contributed by atoms with Gasteiger partial charge >= 0.3 is 5.97 Å². The highest BCUT2D eigenvalue weighted by molar-refractivity contribution is 5.86. The number of fused-ring (bicyclic) bond motifs is 1. The summed E-state index contributed by atoms with van der Waals surface area (Å²) in [5.74, 6) is -0.853. The number of amides is 2. The molecule has 2 N–H and O–H groups in total. The first kappa shape index (κ1) is 19.0. The number of aryl methyl sites for hydroxylation is 1. The monoisotopic (exact) mass is 350 g/mol. The van der Waals surface area contributed by atoms with Crippen molar-refractivity contribution in [2.24, 2.45) is 5.92 Å². The van der Waals surface area contributed by atoms with Crippen molar-refractivity contribution in [1.82, 2.24) is 20.0 Å². The van der Waals surface area contributed by atoms with Gasteiger partial charge in [0.1, 0.15) is 6.04 Å². The normalized spacial score (nSPS) is 15.0. The Morgan fingerprint density at radius 1 is 1.32 bits per heavy atom. The molecule has 2 rings (SSSR count). The SMILES string of the molecule is CC(=O)N[C@@H](CC(C)C)C(=O)N1CCn2nc(CCC(=O)O)cc2C1. The third-order valence-corrected chi connectivity index (χ3v) is 4.14. The molecule has 0 unspecified atom stereocenters. The second-order valence-electron chi connectivity index (χ2n) is 6.89. The fraction of sp³-hybridized carbons (Fsp3) is 0.647. The summed E-state index contributed by atoms with van der Waals surface area (Å²) in [7, 11) is 0. The molecule has 1 aliphatic rings. The molecule has 0 fully saturated rings. The van der Waals surface area contributed by atoms with E-state index in [2.05, 4.69) is 10.4 Å². The van der Waals surface area contributed by atoms with Gasteiger partial charge in [0.05, 0.1) is 30.9 Å². The average molecular weight is 350 g/mol. The molecule has 0 aromatic carbocycles. The molecule has 0 saturated carbocycles. The Bertz CT molecular complexity index is 653. The van der Waals surface area contributed by atoms with Gasteiger partial charge in [0.25, 0.3) is 0 Å². The number of carbonyl (C=O) groups is 3.